The third kappa shape index (κ3) is 5.32. The van der Waals surface area contributed by atoms with Gasteiger partial charge in [0.25, 0.3) is 0 Å². The molecule has 0 spiro atoms. The number of nitrogens with zero attached hydrogens (tertiary/aromatic N) is 3. The van der Waals surface area contributed by atoms with E-state index in [-0.39, 0.29) is 18.1 Å². The van der Waals surface area contributed by atoms with E-state index in [1.54, 1.807) is 11.2 Å². The second-order valence-electron chi connectivity index (χ2n) is 7.51. The van der Waals surface area contributed by atoms with Gasteiger partial charge in [-0.1, -0.05) is 6.07 Å². The molecule has 2 aromatic heterocycles. The summed E-state index contributed by atoms with van der Waals surface area (Å²) >= 11 is 0. The number of hydrogen-bond acceptors (Lipinski definition) is 4. The van der Waals surface area contributed by atoms with Crippen LogP contribution in [0.1, 0.15) is 36.8 Å². The van der Waals surface area contributed by atoms with Gasteiger partial charge in [-0.15, -0.1) is 0 Å². The molecule has 0 aliphatic carbocycles. The van der Waals surface area contributed by atoms with Crippen molar-refractivity contribution in [2.24, 2.45) is 0 Å². The summed E-state index contributed by atoms with van der Waals surface area (Å²) < 4.78 is 5.42. The standard InChI is InChI=1S/C21H30N4O2/c1-16-6-4-10-22-20(16)14-17(2)24(3)21(26)23-18-8-11-25(12-9-18)15-19-7-5-13-27-19/h4-7,10,13,17-18H,8-9,11-12,14-15H2,1-3H3,(H,23,26). The Morgan fingerprint density at radius 1 is 1.37 bits per heavy atom. The second-order valence-corrected chi connectivity index (χ2v) is 7.51. The lowest BCUT2D eigenvalue weighted by molar-refractivity contribution is 0.161. The van der Waals surface area contributed by atoms with E-state index >= 15 is 0 Å². The quantitative estimate of drug-likeness (QED) is 0.848. The molecule has 0 radical (unpaired) electrons. The van der Waals surface area contributed by atoms with E-state index < -0.39 is 0 Å². The molecule has 3 heterocycles. The van der Waals surface area contributed by atoms with Crippen LogP contribution in [0, 0.1) is 6.92 Å². The maximum Gasteiger partial charge on any atom is 0.317 e. The van der Waals surface area contributed by atoms with Gasteiger partial charge in [-0.2, -0.15) is 0 Å². The molecule has 6 heteroatoms. The van der Waals surface area contributed by atoms with Crippen LogP contribution in [0.4, 0.5) is 4.79 Å². The van der Waals surface area contributed by atoms with Crippen LogP contribution in [0.15, 0.2) is 41.1 Å². The Balaban J connectivity index is 1.44. The summed E-state index contributed by atoms with van der Waals surface area (Å²) in [4.78, 5) is 21.2. The van der Waals surface area contributed by atoms with E-state index in [1.807, 2.05) is 31.4 Å². The van der Waals surface area contributed by atoms with Gasteiger partial charge in [0.15, 0.2) is 0 Å². The van der Waals surface area contributed by atoms with Gasteiger partial charge < -0.3 is 14.6 Å². The average molecular weight is 370 g/mol. The monoisotopic (exact) mass is 370 g/mol. The van der Waals surface area contributed by atoms with Crippen LogP contribution < -0.4 is 5.32 Å². The molecule has 1 atom stereocenters. The molecule has 1 saturated heterocycles. The first-order valence-electron chi connectivity index (χ1n) is 9.71. The first kappa shape index (κ1) is 19.4. The number of aryl methyl sites for hydroxylation is 1. The van der Waals surface area contributed by atoms with Crippen LogP contribution in [0.5, 0.6) is 0 Å². The molecule has 146 valence electrons. The van der Waals surface area contributed by atoms with Crippen molar-refractivity contribution in [3.05, 3.63) is 53.7 Å². The van der Waals surface area contributed by atoms with Crippen LogP contribution >= 0.6 is 0 Å². The fourth-order valence-electron chi connectivity index (χ4n) is 3.48. The fourth-order valence-corrected chi connectivity index (χ4v) is 3.48. The SMILES string of the molecule is Cc1cccnc1CC(C)N(C)C(=O)NC1CCN(Cc2ccco2)CC1. The third-order valence-electron chi connectivity index (χ3n) is 5.46. The van der Waals surface area contributed by atoms with Crippen LogP contribution in [0.3, 0.4) is 0 Å². The van der Waals surface area contributed by atoms with Crippen molar-refractivity contribution in [2.75, 3.05) is 20.1 Å². The van der Waals surface area contributed by atoms with E-state index in [9.17, 15) is 4.79 Å². The number of pyridine rings is 1. The lowest BCUT2D eigenvalue weighted by Gasteiger charge is -2.33. The molecule has 3 rings (SSSR count). The number of aromatic nitrogens is 1. The van der Waals surface area contributed by atoms with E-state index in [0.717, 1.165) is 50.4 Å². The molecule has 1 aliphatic rings. The molecule has 0 bridgehead atoms. The maximum absolute atomic E-state index is 12.6. The molecule has 2 amide bonds. The number of urea groups is 1. The maximum atomic E-state index is 12.6. The smallest absolute Gasteiger partial charge is 0.317 e. The molecule has 27 heavy (non-hydrogen) atoms. The fraction of sp³-hybridized carbons (Fsp3) is 0.524. The molecule has 0 saturated carbocycles. The Hall–Kier alpha value is -2.34. The minimum absolute atomic E-state index is 0.000527. The zero-order chi connectivity index (χ0) is 19.2. The normalized spacial score (nSPS) is 16.9. The van der Waals surface area contributed by atoms with Crippen molar-refractivity contribution in [1.82, 2.24) is 20.1 Å². The van der Waals surface area contributed by atoms with Gasteiger partial charge >= 0.3 is 6.03 Å². The summed E-state index contributed by atoms with van der Waals surface area (Å²) in [5.74, 6) is 0.996. The molecule has 0 aromatic carbocycles. The molecule has 6 nitrogen and oxygen atoms in total. The van der Waals surface area contributed by atoms with Gasteiger partial charge in [-0.3, -0.25) is 9.88 Å². The summed E-state index contributed by atoms with van der Waals surface area (Å²) in [6.45, 7) is 6.91. The number of likely N-dealkylation sites (N-methyl/N-ethyl adjacent to an activating group) is 1. The van der Waals surface area contributed by atoms with Crippen LogP contribution in [-0.2, 0) is 13.0 Å². The van der Waals surface area contributed by atoms with Gasteiger partial charge in [0.1, 0.15) is 5.76 Å². The second kappa shape index (κ2) is 9.04. The van der Waals surface area contributed by atoms with Gasteiger partial charge in [0, 0.05) is 50.5 Å². The molecule has 1 N–H and O–H groups in total. The highest BCUT2D eigenvalue weighted by Crippen LogP contribution is 2.15. The van der Waals surface area contributed by atoms with Crippen LogP contribution in [0.2, 0.25) is 0 Å². The highest BCUT2D eigenvalue weighted by molar-refractivity contribution is 5.74. The number of hydrogen-bond donors (Lipinski definition) is 1. The minimum atomic E-state index is 0.000527. The highest BCUT2D eigenvalue weighted by atomic mass is 16.3. The van der Waals surface area contributed by atoms with Crippen LogP contribution in [-0.4, -0.2) is 53.0 Å². The Morgan fingerprint density at radius 2 is 2.15 bits per heavy atom. The molecule has 2 aromatic rings. The molecule has 1 unspecified atom stereocenters. The van der Waals surface area contributed by atoms with Crippen molar-refractivity contribution < 1.29 is 9.21 Å². The molecular formula is C21H30N4O2. The lowest BCUT2D eigenvalue weighted by Crippen LogP contribution is -2.50. The highest BCUT2D eigenvalue weighted by Gasteiger charge is 2.24. The summed E-state index contributed by atoms with van der Waals surface area (Å²) in [6, 6.07) is 8.26. The van der Waals surface area contributed by atoms with Gasteiger partial charge in [-0.25, -0.2) is 4.79 Å². The predicted octanol–water partition coefficient (Wildman–Crippen LogP) is 3.22. The Morgan fingerprint density at radius 3 is 2.81 bits per heavy atom. The lowest BCUT2D eigenvalue weighted by atomic mass is 10.0. The van der Waals surface area contributed by atoms with Crippen molar-refractivity contribution in [3.63, 3.8) is 0 Å². The first-order valence-corrected chi connectivity index (χ1v) is 9.71. The number of carbonyl (C=O) groups excluding carboxylic acids is 1. The summed E-state index contributed by atoms with van der Waals surface area (Å²) in [7, 11) is 1.87. The summed E-state index contributed by atoms with van der Waals surface area (Å²) in [5, 5.41) is 3.20. The molecule has 1 aliphatic heterocycles. The first-order chi connectivity index (χ1) is 13.0. The van der Waals surface area contributed by atoms with Crippen molar-refractivity contribution in [1.29, 1.82) is 0 Å². The summed E-state index contributed by atoms with van der Waals surface area (Å²) in [5.41, 5.74) is 2.22. The minimum Gasteiger partial charge on any atom is -0.468 e. The van der Waals surface area contributed by atoms with E-state index in [4.69, 9.17) is 4.42 Å². The molecule has 1 fully saturated rings. The van der Waals surface area contributed by atoms with E-state index in [0.29, 0.717) is 0 Å². The number of carbonyl (C=O) groups is 1. The number of piperidine rings is 1. The number of nitrogens with one attached hydrogen (secondary N) is 1. The van der Waals surface area contributed by atoms with Crippen molar-refractivity contribution in [3.8, 4) is 0 Å². The number of likely N-dealkylation sites (tertiary alicyclic amines) is 1. The van der Waals surface area contributed by atoms with Gasteiger partial charge in [-0.05, 0) is 50.5 Å². The Labute approximate surface area is 161 Å². The van der Waals surface area contributed by atoms with Crippen molar-refractivity contribution >= 4 is 6.03 Å². The van der Waals surface area contributed by atoms with Gasteiger partial charge in [0.2, 0.25) is 0 Å². The van der Waals surface area contributed by atoms with Gasteiger partial charge in [0.05, 0.1) is 12.8 Å². The Bertz CT molecular complexity index is 724. The zero-order valence-corrected chi connectivity index (χ0v) is 16.5. The Kier molecular flexibility index (Phi) is 6.50. The number of furan rings is 1. The predicted molar refractivity (Wildman–Crippen MR) is 105 cm³/mol. The third-order valence-corrected chi connectivity index (χ3v) is 5.46. The van der Waals surface area contributed by atoms with Crippen LogP contribution in [0.25, 0.3) is 0 Å². The van der Waals surface area contributed by atoms with Crippen molar-refractivity contribution in [2.45, 2.75) is 51.7 Å². The number of rotatable bonds is 6. The number of amides is 2. The topological polar surface area (TPSA) is 61.6 Å². The molecular weight excluding hydrogens is 340 g/mol. The largest absolute Gasteiger partial charge is 0.468 e. The van der Waals surface area contributed by atoms with E-state index in [2.05, 4.69) is 35.1 Å². The zero-order valence-electron chi connectivity index (χ0n) is 16.5. The average Bonchev–Trinajstić information content (AvgIpc) is 3.17. The summed E-state index contributed by atoms with van der Waals surface area (Å²) in [6.07, 6.45) is 6.22. The van der Waals surface area contributed by atoms with E-state index in [1.165, 1.54) is 5.56 Å².